The van der Waals surface area contributed by atoms with Gasteiger partial charge in [0.15, 0.2) is 0 Å². The molecule has 0 amide bonds. The summed E-state index contributed by atoms with van der Waals surface area (Å²) in [5, 5.41) is 0.958. The van der Waals surface area contributed by atoms with Crippen molar-refractivity contribution in [2.24, 2.45) is 11.3 Å². The van der Waals surface area contributed by atoms with E-state index in [-0.39, 0.29) is 5.56 Å². The molecule has 3 heterocycles. The van der Waals surface area contributed by atoms with Gasteiger partial charge in [-0.25, -0.2) is 9.97 Å². The fourth-order valence-electron chi connectivity index (χ4n) is 3.65. The van der Waals surface area contributed by atoms with E-state index in [1.165, 1.54) is 11.3 Å². The number of aromatic nitrogens is 3. The van der Waals surface area contributed by atoms with Gasteiger partial charge in [0.05, 0.1) is 16.6 Å². The summed E-state index contributed by atoms with van der Waals surface area (Å²) in [6.07, 6.45) is 11.1. The average Bonchev–Trinajstić information content (AvgIpc) is 3.11. The molecule has 2 aliphatic carbocycles. The molecule has 25 heavy (non-hydrogen) atoms. The molecule has 0 aliphatic heterocycles. The van der Waals surface area contributed by atoms with E-state index in [0.29, 0.717) is 16.0 Å². The van der Waals surface area contributed by atoms with Crippen molar-refractivity contribution < 1.29 is 0 Å². The number of hydrogen-bond acceptors (Lipinski definition) is 5. The maximum Gasteiger partial charge on any atom is 0.275 e. The van der Waals surface area contributed by atoms with Crippen molar-refractivity contribution in [2.45, 2.75) is 13.3 Å². The average molecular weight is 350 g/mol. The van der Waals surface area contributed by atoms with Gasteiger partial charge in [0.2, 0.25) is 0 Å². The van der Waals surface area contributed by atoms with Gasteiger partial charge in [-0.05, 0) is 29.9 Å². The van der Waals surface area contributed by atoms with E-state index in [0.717, 1.165) is 33.5 Å². The van der Waals surface area contributed by atoms with Gasteiger partial charge in [-0.3, -0.25) is 9.36 Å². The van der Waals surface area contributed by atoms with Crippen LogP contribution in [0.5, 0.6) is 0 Å². The first-order chi connectivity index (χ1) is 12.0. The number of nitrogens with zero attached hydrogens (tertiary/aromatic N) is 4. The Kier molecular flexibility index (Phi) is 2.84. The fourth-order valence-corrected chi connectivity index (χ4v) is 4.69. The van der Waals surface area contributed by atoms with E-state index in [1.807, 2.05) is 25.1 Å². The second-order valence-corrected chi connectivity index (χ2v) is 8.34. The summed E-state index contributed by atoms with van der Waals surface area (Å²) in [6, 6.07) is 1.96. The number of anilines is 1. The number of fused-ring (bicyclic) bond motifs is 4. The second kappa shape index (κ2) is 4.79. The third kappa shape index (κ3) is 2.03. The molecular formula is C19H18N4OS. The van der Waals surface area contributed by atoms with Crippen LogP contribution in [0, 0.1) is 11.3 Å². The van der Waals surface area contributed by atoms with Crippen molar-refractivity contribution in [3.05, 3.63) is 47.2 Å². The van der Waals surface area contributed by atoms with Crippen LogP contribution in [-0.4, -0.2) is 28.6 Å². The quantitative estimate of drug-likeness (QED) is 0.710. The lowest BCUT2D eigenvalue weighted by Crippen LogP contribution is -2.19. The van der Waals surface area contributed by atoms with E-state index in [1.54, 1.807) is 17.1 Å². The highest BCUT2D eigenvalue weighted by Crippen LogP contribution is 2.57. The molecular weight excluding hydrogens is 332 g/mol. The van der Waals surface area contributed by atoms with Crippen LogP contribution in [0.1, 0.15) is 13.3 Å². The maximum atomic E-state index is 13.1. The summed E-state index contributed by atoms with van der Waals surface area (Å²) >= 11 is 1.42. The molecule has 1 fully saturated rings. The summed E-state index contributed by atoms with van der Waals surface area (Å²) in [4.78, 5) is 25.1. The summed E-state index contributed by atoms with van der Waals surface area (Å²) < 4.78 is 2.33. The summed E-state index contributed by atoms with van der Waals surface area (Å²) in [7, 11) is 3.98. The van der Waals surface area contributed by atoms with E-state index in [4.69, 9.17) is 0 Å². The number of thiophene rings is 1. The van der Waals surface area contributed by atoms with Crippen molar-refractivity contribution in [2.75, 3.05) is 19.0 Å². The Morgan fingerprint density at radius 1 is 1.36 bits per heavy atom. The Hall–Kier alpha value is -2.47. The summed E-state index contributed by atoms with van der Waals surface area (Å²) in [5.41, 5.74) is 2.99. The lowest BCUT2D eigenvalue weighted by Gasteiger charge is -2.14. The highest BCUT2D eigenvalue weighted by atomic mass is 32.1. The van der Waals surface area contributed by atoms with Crippen LogP contribution in [0.15, 0.2) is 41.6 Å². The fraction of sp³-hybridized carbons (Fsp3) is 0.316. The van der Waals surface area contributed by atoms with Crippen LogP contribution in [0.25, 0.3) is 26.1 Å². The molecule has 1 saturated carbocycles. The molecule has 2 aliphatic rings. The van der Waals surface area contributed by atoms with Gasteiger partial charge in [-0.1, -0.05) is 19.1 Å². The van der Waals surface area contributed by atoms with Gasteiger partial charge in [-0.15, -0.1) is 11.3 Å². The van der Waals surface area contributed by atoms with Crippen LogP contribution in [0.4, 0.5) is 5.69 Å². The first-order valence-electron chi connectivity index (χ1n) is 8.35. The smallest absolute Gasteiger partial charge is 0.275 e. The Morgan fingerprint density at radius 2 is 2.20 bits per heavy atom. The predicted molar refractivity (Wildman–Crippen MR) is 103 cm³/mol. The molecule has 2 unspecified atom stereocenters. The van der Waals surface area contributed by atoms with Crippen molar-refractivity contribution in [1.29, 1.82) is 0 Å². The molecule has 5 nitrogen and oxygen atoms in total. The minimum atomic E-state index is -0.0159. The van der Waals surface area contributed by atoms with Gasteiger partial charge in [0, 0.05) is 26.0 Å². The molecule has 126 valence electrons. The molecule has 0 spiro atoms. The number of allylic oxidation sites excluding steroid dienone is 4. The van der Waals surface area contributed by atoms with E-state index < -0.39 is 0 Å². The lowest BCUT2D eigenvalue weighted by molar-refractivity contribution is 0.687. The molecule has 6 heteroatoms. The van der Waals surface area contributed by atoms with Crippen LogP contribution < -0.4 is 10.5 Å². The predicted octanol–water partition coefficient (Wildman–Crippen LogP) is 3.51. The lowest BCUT2D eigenvalue weighted by atomic mass is 10.0. The topological polar surface area (TPSA) is 51.0 Å². The van der Waals surface area contributed by atoms with E-state index in [9.17, 15) is 4.79 Å². The van der Waals surface area contributed by atoms with Gasteiger partial charge in [0.1, 0.15) is 15.9 Å². The van der Waals surface area contributed by atoms with Crippen molar-refractivity contribution in [1.82, 2.24) is 14.5 Å². The van der Waals surface area contributed by atoms with Crippen molar-refractivity contribution in [3.8, 4) is 0 Å². The number of hydrogen-bond donors (Lipinski definition) is 0. The third-order valence-corrected chi connectivity index (χ3v) is 6.45. The van der Waals surface area contributed by atoms with E-state index >= 15 is 0 Å². The zero-order valence-corrected chi connectivity index (χ0v) is 15.2. The minimum Gasteiger partial charge on any atom is -0.377 e. The first-order valence-corrected chi connectivity index (χ1v) is 9.17. The molecule has 5 rings (SSSR count). The third-order valence-electron chi connectivity index (χ3n) is 5.37. The van der Waals surface area contributed by atoms with Crippen LogP contribution >= 0.6 is 11.3 Å². The molecule has 0 saturated heterocycles. The zero-order chi connectivity index (χ0) is 17.3. The van der Waals surface area contributed by atoms with E-state index in [2.05, 4.69) is 35.1 Å². The largest absolute Gasteiger partial charge is 0.377 e. The summed E-state index contributed by atoms with van der Waals surface area (Å²) in [5.74, 6) is 0.541. The molecule has 0 N–H and O–H groups in total. The van der Waals surface area contributed by atoms with Gasteiger partial charge >= 0.3 is 0 Å². The molecule has 0 radical (unpaired) electrons. The van der Waals surface area contributed by atoms with Crippen LogP contribution in [0.3, 0.4) is 0 Å². The Balaban J connectivity index is 1.75. The highest BCUT2D eigenvalue weighted by Gasteiger charge is 2.48. The van der Waals surface area contributed by atoms with Crippen molar-refractivity contribution in [3.63, 3.8) is 0 Å². The SMILES string of the molecule is CN(C)c1ccnc2sc3c(=O)n(C4=CC5CC5(C)C=C4)cnc3c12. The monoisotopic (exact) mass is 350 g/mol. The van der Waals surface area contributed by atoms with Gasteiger partial charge in [-0.2, -0.15) is 0 Å². The minimum absolute atomic E-state index is 0.0159. The molecule has 2 atom stereocenters. The standard InChI is InChI=1S/C19H18N4OS/c1-19-6-4-12(8-11(19)9-19)23-10-21-15-14-13(22(2)3)5-7-20-17(14)25-16(15)18(23)24/h4-8,10-11H,9H2,1-3H3. The second-order valence-electron chi connectivity index (χ2n) is 7.35. The summed E-state index contributed by atoms with van der Waals surface area (Å²) in [6.45, 7) is 2.26. The Morgan fingerprint density at radius 3 is 2.96 bits per heavy atom. The highest BCUT2D eigenvalue weighted by molar-refractivity contribution is 7.25. The Labute approximate surface area is 148 Å². The van der Waals surface area contributed by atoms with Gasteiger partial charge in [0.25, 0.3) is 5.56 Å². The first kappa shape index (κ1) is 14.8. The Bertz CT molecular complexity index is 1150. The van der Waals surface area contributed by atoms with Crippen LogP contribution in [0.2, 0.25) is 0 Å². The number of rotatable bonds is 2. The molecule has 0 aromatic carbocycles. The zero-order valence-electron chi connectivity index (χ0n) is 14.4. The maximum absolute atomic E-state index is 13.1. The normalized spacial score (nSPS) is 24.4. The van der Waals surface area contributed by atoms with Gasteiger partial charge < -0.3 is 4.90 Å². The molecule has 0 bridgehead atoms. The molecule has 3 aromatic heterocycles. The number of pyridine rings is 1. The van der Waals surface area contributed by atoms with Crippen LogP contribution in [-0.2, 0) is 0 Å². The van der Waals surface area contributed by atoms with Crippen molar-refractivity contribution >= 4 is 43.2 Å². The molecule has 3 aromatic rings.